The number of aromatic nitrogens is 1. The number of aliphatic hydroxyl groups is 1. The first-order chi connectivity index (χ1) is 5.58. The molecule has 0 saturated carbocycles. The van der Waals surface area contributed by atoms with E-state index in [4.69, 9.17) is 5.73 Å². The normalized spacial score (nSPS) is 15.7. The van der Waals surface area contributed by atoms with Gasteiger partial charge >= 0.3 is 0 Å². The number of rotatable bonds is 2. The Labute approximate surface area is 72.2 Å². The lowest BCUT2D eigenvalue weighted by atomic mass is 9.94. The van der Waals surface area contributed by atoms with Crippen molar-refractivity contribution in [2.24, 2.45) is 5.73 Å². The van der Waals surface area contributed by atoms with Gasteiger partial charge in [0.25, 0.3) is 0 Å². The second-order valence-corrected chi connectivity index (χ2v) is 3.17. The van der Waals surface area contributed by atoms with Crippen LogP contribution in [-0.4, -0.2) is 16.6 Å². The van der Waals surface area contributed by atoms with Gasteiger partial charge < -0.3 is 10.8 Å². The largest absolute Gasteiger partial charge is 0.384 e. The van der Waals surface area contributed by atoms with Crippen molar-refractivity contribution in [3.63, 3.8) is 0 Å². The van der Waals surface area contributed by atoms with Crippen LogP contribution < -0.4 is 5.73 Å². The van der Waals surface area contributed by atoms with E-state index in [1.54, 1.807) is 19.3 Å². The summed E-state index contributed by atoms with van der Waals surface area (Å²) < 4.78 is 0. The molecule has 1 unspecified atom stereocenters. The van der Waals surface area contributed by atoms with Crippen molar-refractivity contribution in [1.29, 1.82) is 0 Å². The lowest BCUT2D eigenvalue weighted by Crippen LogP contribution is -2.32. The number of hydrogen-bond donors (Lipinski definition) is 2. The molecule has 0 aliphatic heterocycles. The molecule has 3 N–H and O–H groups in total. The van der Waals surface area contributed by atoms with Gasteiger partial charge in [0, 0.05) is 24.5 Å². The van der Waals surface area contributed by atoms with E-state index in [0.717, 1.165) is 11.1 Å². The third kappa shape index (κ3) is 1.62. The van der Waals surface area contributed by atoms with Crippen LogP contribution in [0.1, 0.15) is 18.1 Å². The van der Waals surface area contributed by atoms with Gasteiger partial charge in [-0.25, -0.2) is 0 Å². The number of pyridine rings is 1. The molecular weight excluding hydrogens is 152 g/mol. The average Bonchev–Trinajstić information content (AvgIpc) is 2.05. The predicted octanol–water partition coefficient (Wildman–Crippen LogP) is 0.556. The van der Waals surface area contributed by atoms with Crippen molar-refractivity contribution in [3.8, 4) is 0 Å². The SMILES string of the molecule is Cc1ccncc1C(C)(O)CN. The van der Waals surface area contributed by atoms with Gasteiger partial charge in [-0.05, 0) is 25.5 Å². The van der Waals surface area contributed by atoms with Gasteiger partial charge in [0.2, 0.25) is 0 Å². The molecule has 1 rings (SSSR count). The maximum atomic E-state index is 9.81. The Bertz CT molecular complexity index is 271. The summed E-state index contributed by atoms with van der Waals surface area (Å²) in [5.41, 5.74) is 6.28. The van der Waals surface area contributed by atoms with Crippen LogP contribution in [0.15, 0.2) is 18.5 Å². The van der Waals surface area contributed by atoms with Crippen molar-refractivity contribution in [1.82, 2.24) is 4.98 Å². The molecule has 0 aliphatic carbocycles. The minimum Gasteiger partial charge on any atom is -0.384 e. The second kappa shape index (κ2) is 3.21. The van der Waals surface area contributed by atoms with Crippen LogP contribution in [0, 0.1) is 6.92 Å². The summed E-state index contributed by atoms with van der Waals surface area (Å²) in [5.74, 6) is 0. The lowest BCUT2D eigenvalue weighted by molar-refractivity contribution is 0.0658. The summed E-state index contributed by atoms with van der Waals surface area (Å²) in [6.07, 6.45) is 3.35. The molecule has 0 amide bonds. The Morgan fingerprint density at radius 2 is 2.33 bits per heavy atom. The summed E-state index contributed by atoms with van der Waals surface area (Å²) in [6.45, 7) is 3.83. The molecule has 0 fully saturated rings. The standard InChI is InChI=1S/C9H14N2O/c1-7-3-4-11-5-8(7)9(2,12)6-10/h3-5,12H,6,10H2,1-2H3. The first kappa shape index (κ1) is 9.16. The molecule has 0 spiro atoms. The molecule has 1 heterocycles. The Hall–Kier alpha value is -0.930. The van der Waals surface area contributed by atoms with E-state index in [1.807, 2.05) is 13.0 Å². The zero-order valence-corrected chi connectivity index (χ0v) is 7.41. The Balaban J connectivity index is 3.10. The highest BCUT2D eigenvalue weighted by Gasteiger charge is 2.22. The van der Waals surface area contributed by atoms with Gasteiger partial charge in [-0.3, -0.25) is 4.98 Å². The summed E-state index contributed by atoms with van der Waals surface area (Å²) in [7, 11) is 0. The molecule has 3 heteroatoms. The van der Waals surface area contributed by atoms with Crippen LogP contribution in [0.2, 0.25) is 0 Å². The first-order valence-corrected chi connectivity index (χ1v) is 3.91. The molecule has 0 saturated heterocycles. The van der Waals surface area contributed by atoms with E-state index >= 15 is 0 Å². The Morgan fingerprint density at radius 1 is 1.67 bits per heavy atom. The predicted molar refractivity (Wildman–Crippen MR) is 47.6 cm³/mol. The van der Waals surface area contributed by atoms with E-state index in [-0.39, 0.29) is 6.54 Å². The van der Waals surface area contributed by atoms with Crippen LogP contribution in [0.3, 0.4) is 0 Å². The molecule has 3 nitrogen and oxygen atoms in total. The highest BCUT2D eigenvalue weighted by Crippen LogP contribution is 2.20. The second-order valence-electron chi connectivity index (χ2n) is 3.17. The average molecular weight is 166 g/mol. The van der Waals surface area contributed by atoms with E-state index in [2.05, 4.69) is 4.98 Å². The molecule has 0 aliphatic rings. The monoisotopic (exact) mass is 166 g/mol. The molecule has 1 aromatic rings. The van der Waals surface area contributed by atoms with Gasteiger partial charge in [0.05, 0.1) is 0 Å². The van der Waals surface area contributed by atoms with Crippen LogP contribution in [0.5, 0.6) is 0 Å². The summed E-state index contributed by atoms with van der Waals surface area (Å²) in [5, 5.41) is 9.81. The quantitative estimate of drug-likeness (QED) is 0.674. The molecular formula is C9H14N2O. The summed E-state index contributed by atoms with van der Waals surface area (Å²) in [6, 6.07) is 1.86. The highest BCUT2D eigenvalue weighted by molar-refractivity contribution is 5.27. The minimum atomic E-state index is -0.960. The van der Waals surface area contributed by atoms with Crippen molar-refractivity contribution in [2.75, 3.05) is 6.54 Å². The molecule has 0 aromatic carbocycles. The summed E-state index contributed by atoms with van der Waals surface area (Å²) >= 11 is 0. The molecule has 12 heavy (non-hydrogen) atoms. The Kier molecular flexibility index (Phi) is 2.45. The first-order valence-electron chi connectivity index (χ1n) is 3.91. The number of hydrogen-bond acceptors (Lipinski definition) is 3. The lowest BCUT2D eigenvalue weighted by Gasteiger charge is -2.22. The summed E-state index contributed by atoms with van der Waals surface area (Å²) in [4.78, 5) is 3.94. The maximum Gasteiger partial charge on any atom is 0.101 e. The highest BCUT2D eigenvalue weighted by atomic mass is 16.3. The van der Waals surface area contributed by atoms with E-state index in [9.17, 15) is 5.11 Å². The smallest absolute Gasteiger partial charge is 0.101 e. The zero-order chi connectivity index (χ0) is 9.19. The third-order valence-corrected chi connectivity index (χ3v) is 2.02. The van der Waals surface area contributed by atoms with Crippen molar-refractivity contribution in [2.45, 2.75) is 19.4 Å². The molecule has 66 valence electrons. The van der Waals surface area contributed by atoms with Crippen LogP contribution in [-0.2, 0) is 5.60 Å². The van der Waals surface area contributed by atoms with E-state index in [0.29, 0.717) is 0 Å². The van der Waals surface area contributed by atoms with Gasteiger partial charge in [-0.2, -0.15) is 0 Å². The molecule has 0 bridgehead atoms. The van der Waals surface area contributed by atoms with Gasteiger partial charge in [0.15, 0.2) is 0 Å². The van der Waals surface area contributed by atoms with E-state index in [1.165, 1.54) is 0 Å². The van der Waals surface area contributed by atoms with Crippen molar-refractivity contribution in [3.05, 3.63) is 29.6 Å². The van der Waals surface area contributed by atoms with Gasteiger partial charge in [-0.1, -0.05) is 0 Å². The van der Waals surface area contributed by atoms with Gasteiger partial charge in [-0.15, -0.1) is 0 Å². The fraction of sp³-hybridized carbons (Fsp3) is 0.444. The number of aryl methyl sites for hydroxylation is 1. The zero-order valence-electron chi connectivity index (χ0n) is 7.41. The third-order valence-electron chi connectivity index (χ3n) is 2.02. The van der Waals surface area contributed by atoms with Crippen LogP contribution in [0.25, 0.3) is 0 Å². The fourth-order valence-electron chi connectivity index (χ4n) is 1.14. The molecule has 1 aromatic heterocycles. The van der Waals surface area contributed by atoms with E-state index < -0.39 is 5.60 Å². The van der Waals surface area contributed by atoms with Crippen molar-refractivity contribution >= 4 is 0 Å². The number of nitrogens with two attached hydrogens (primary N) is 1. The van der Waals surface area contributed by atoms with Crippen molar-refractivity contribution < 1.29 is 5.11 Å². The van der Waals surface area contributed by atoms with Crippen LogP contribution in [0.4, 0.5) is 0 Å². The fourth-order valence-corrected chi connectivity index (χ4v) is 1.14. The minimum absolute atomic E-state index is 0.208. The topological polar surface area (TPSA) is 59.1 Å². The van der Waals surface area contributed by atoms with Gasteiger partial charge in [0.1, 0.15) is 5.60 Å². The number of nitrogens with zero attached hydrogens (tertiary/aromatic N) is 1. The molecule has 0 radical (unpaired) electrons. The van der Waals surface area contributed by atoms with Crippen LogP contribution >= 0.6 is 0 Å². The molecule has 1 atom stereocenters. The Morgan fingerprint density at radius 3 is 2.83 bits per heavy atom. The maximum absolute atomic E-state index is 9.81.